The van der Waals surface area contributed by atoms with Gasteiger partial charge in [-0.25, -0.2) is 4.79 Å². The average molecular weight is 610 g/mol. The third-order valence-corrected chi connectivity index (χ3v) is 8.35. The Bertz CT molecular complexity index is 1870. The number of fused-ring (bicyclic) bond motifs is 4. The highest BCUT2D eigenvalue weighted by atomic mass is 32.1. The molecule has 8 nitrogen and oxygen atoms in total. The van der Waals surface area contributed by atoms with E-state index in [1.165, 1.54) is 22.5 Å². The molecule has 1 unspecified atom stereocenters. The first-order chi connectivity index (χ1) is 20.6. The molecule has 0 spiro atoms. The molecule has 1 aliphatic carbocycles. The first-order valence-electron chi connectivity index (χ1n) is 13.3. The van der Waals surface area contributed by atoms with Crippen molar-refractivity contribution < 1.29 is 32.6 Å². The number of carboxylic acids is 1. The number of pyridine rings is 2. The molecule has 0 saturated carbocycles. The Labute approximate surface area is 247 Å². The SMILES string of the molecule is Cn1c(=O)c2c(OCc3ccncc3)c(C(=O)NC3CCCc4ccccc43)sc2c2ccccc21.O=C(O)C(F)(F)F. The molecule has 1 aliphatic rings. The number of alkyl halides is 3. The molecule has 43 heavy (non-hydrogen) atoms. The van der Waals surface area contributed by atoms with Crippen molar-refractivity contribution in [1.29, 1.82) is 0 Å². The maximum absolute atomic E-state index is 13.8. The van der Waals surface area contributed by atoms with E-state index in [0.29, 0.717) is 16.0 Å². The number of hydrogen-bond donors (Lipinski definition) is 2. The van der Waals surface area contributed by atoms with Crippen molar-refractivity contribution in [1.82, 2.24) is 14.9 Å². The topological polar surface area (TPSA) is 111 Å². The van der Waals surface area contributed by atoms with Crippen molar-refractivity contribution in [3.05, 3.63) is 105 Å². The van der Waals surface area contributed by atoms with Gasteiger partial charge < -0.3 is 19.7 Å². The Hall–Kier alpha value is -4.71. The van der Waals surface area contributed by atoms with Crippen LogP contribution in [0.1, 0.15) is 45.2 Å². The van der Waals surface area contributed by atoms with Crippen molar-refractivity contribution >= 4 is 44.2 Å². The number of benzene rings is 2. The highest BCUT2D eigenvalue weighted by Crippen LogP contribution is 2.40. The van der Waals surface area contributed by atoms with Crippen LogP contribution in [0.5, 0.6) is 5.75 Å². The van der Waals surface area contributed by atoms with Crippen LogP contribution in [0.15, 0.2) is 77.9 Å². The number of aromatic nitrogens is 2. The van der Waals surface area contributed by atoms with Crippen LogP contribution in [0.4, 0.5) is 13.2 Å². The first-order valence-corrected chi connectivity index (χ1v) is 14.1. The summed E-state index contributed by atoms with van der Waals surface area (Å²) in [5.41, 5.74) is 4.00. The van der Waals surface area contributed by atoms with Crippen molar-refractivity contribution in [2.45, 2.75) is 38.1 Å². The van der Waals surface area contributed by atoms with Crippen LogP contribution in [-0.2, 0) is 24.9 Å². The third kappa shape index (κ3) is 6.24. The summed E-state index contributed by atoms with van der Waals surface area (Å²) in [4.78, 5) is 40.6. The van der Waals surface area contributed by atoms with Crippen LogP contribution in [0.2, 0.25) is 0 Å². The van der Waals surface area contributed by atoms with Crippen LogP contribution in [-0.4, -0.2) is 32.7 Å². The zero-order valence-electron chi connectivity index (χ0n) is 22.9. The van der Waals surface area contributed by atoms with Gasteiger partial charge >= 0.3 is 12.1 Å². The van der Waals surface area contributed by atoms with Crippen molar-refractivity contribution in [2.75, 3.05) is 0 Å². The lowest BCUT2D eigenvalue weighted by Crippen LogP contribution is -2.30. The van der Waals surface area contributed by atoms with Crippen LogP contribution in [0.25, 0.3) is 21.0 Å². The first kappa shape index (κ1) is 29.8. The number of nitrogens with one attached hydrogen (secondary N) is 1. The predicted molar refractivity (Wildman–Crippen MR) is 156 cm³/mol. The molecule has 222 valence electrons. The number of thiophene rings is 1. The molecule has 2 aromatic carbocycles. The fourth-order valence-corrected chi connectivity index (χ4v) is 6.26. The second kappa shape index (κ2) is 12.3. The lowest BCUT2D eigenvalue weighted by molar-refractivity contribution is -0.192. The van der Waals surface area contributed by atoms with Gasteiger partial charge in [0.15, 0.2) is 5.75 Å². The smallest absolute Gasteiger partial charge is 0.486 e. The number of aliphatic carboxylic acids is 1. The Morgan fingerprint density at radius 1 is 1.09 bits per heavy atom. The minimum Gasteiger partial charge on any atom is -0.486 e. The Kier molecular flexibility index (Phi) is 8.49. The van der Waals surface area contributed by atoms with E-state index in [1.807, 2.05) is 48.5 Å². The summed E-state index contributed by atoms with van der Waals surface area (Å²) in [6.07, 6.45) is 1.24. The summed E-state index contributed by atoms with van der Waals surface area (Å²) in [5.74, 6) is -2.62. The van der Waals surface area contributed by atoms with Gasteiger partial charge in [-0.05, 0) is 54.2 Å². The number of carbonyl (C=O) groups excluding carboxylic acids is 1. The average Bonchev–Trinajstić information content (AvgIpc) is 3.39. The molecule has 0 fully saturated rings. The largest absolute Gasteiger partial charge is 0.490 e. The number of rotatable bonds is 5. The maximum atomic E-state index is 13.8. The lowest BCUT2D eigenvalue weighted by Gasteiger charge is -2.26. The minimum atomic E-state index is -5.08. The lowest BCUT2D eigenvalue weighted by atomic mass is 9.88. The van der Waals surface area contributed by atoms with Gasteiger partial charge in [-0.3, -0.25) is 14.6 Å². The normalized spacial score (nSPS) is 14.5. The van der Waals surface area contributed by atoms with Crippen LogP contribution in [0, 0.1) is 0 Å². The molecule has 0 aliphatic heterocycles. The van der Waals surface area contributed by atoms with Crippen LogP contribution >= 0.6 is 11.3 Å². The quantitative estimate of drug-likeness (QED) is 0.247. The van der Waals surface area contributed by atoms with E-state index >= 15 is 0 Å². The number of ether oxygens (including phenoxy) is 1. The highest BCUT2D eigenvalue weighted by Gasteiger charge is 2.38. The Morgan fingerprint density at radius 2 is 1.77 bits per heavy atom. The van der Waals surface area contributed by atoms with Gasteiger partial charge in [0.05, 0.1) is 16.3 Å². The molecule has 3 heterocycles. The molecule has 5 aromatic rings. The van der Waals surface area contributed by atoms with E-state index < -0.39 is 12.1 Å². The summed E-state index contributed by atoms with van der Waals surface area (Å²) in [7, 11) is 1.76. The monoisotopic (exact) mass is 609 g/mol. The standard InChI is InChI=1S/C29H25N3O3S.C2HF3O2/c1-32-23-12-5-4-10-21(23)26-24(29(32)34)25(35-17-18-13-15-30-16-14-18)27(36-26)28(33)31-22-11-6-8-19-7-2-3-9-20(19)22;3-2(4,5)1(6)7/h2-5,7,9-10,12-16,22H,6,8,11,17H2,1H3,(H,31,33);(H,6,7). The fourth-order valence-electron chi connectivity index (χ4n) is 5.08. The second-order valence-electron chi connectivity index (χ2n) is 9.91. The van der Waals surface area contributed by atoms with E-state index in [-0.39, 0.29) is 24.1 Å². The van der Waals surface area contributed by atoms with E-state index in [9.17, 15) is 22.8 Å². The Morgan fingerprint density at radius 3 is 2.49 bits per heavy atom. The summed E-state index contributed by atoms with van der Waals surface area (Å²) in [5, 5.41) is 11.7. The molecule has 0 radical (unpaired) electrons. The number of hydrogen-bond acceptors (Lipinski definition) is 6. The third-order valence-electron chi connectivity index (χ3n) is 7.15. The van der Waals surface area contributed by atoms with Gasteiger partial charge in [0.1, 0.15) is 16.9 Å². The predicted octanol–water partition coefficient (Wildman–Crippen LogP) is 6.17. The zero-order chi connectivity index (χ0) is 30.7. The molecule has 6 rings (SSSR count). The number of aryl methyl sites for hydroxylation is 2. The maximum Gasteiger partial charge on any atom is 0.490 e. The minimum absolute atomic E-state index is 0.0692. The molecule has 1 atom stereocenters. The second-order valence-corrected chi connectivity index (χ2v) is 10.9. The number of para-hydroxylation sites is 1. The fraction of sp³-hybridized carbons (Fsp3) is 0.226. The van der Waals surface area contributed by atoms with Gasteiger partial charge in [0.25, 0.3) is 11.5 Å². The zero-order valence-corrected chi connectivity index (χ0v) is 23.7. The van der Waals surface area contributed by atoms with Crippen molar-refractivity contribution in [3.8, 4) is 5.75 Å². The van der Waals surface area contributed by atoms with E-state index in [0.717, 1.165) is 40.4 Å². The van der Waals surface area contributed by atoms with Gasteiger partial charge in [-0.2, -0.15) is 13.2 Å². The molecule has 3 aromatic heterocycles. The van der Waals surface area contributed by atoms with E-state index in [1.54, 1.807) is 24.0 Å². The summed E-state index contributed by atoms with van der Waals surface area (Å²) in [6, 6.07) is 19.7. The van der Waals surface area contributed by atoms with Crippen molar-refractivity contribution in [3.63, 3.8) is 0 Å². The number of halogens is 3. The summed E-state index contributed by atoms with van der Waals surface area (Å²) in [6.45, 7) is 0.233. The van der Waals surface area contributed by atoms with Gasteiger partial charge in [0, 0.05) is 24.8 Å². The highest BCUT2D eigenvalue weighted by molar-refractivity contribution is 7.22. The number of carbonyl (C=O) groups is 2. The number of nitrogens with zero attached hydrogens (tertiary/aromatic N) is 2. The summed E-state index contributed by atoms with van der Waals surface area (Å²) < 4.78 is 40.4. The number of amides is 1. The molecule has 0 saturated heterocycles. The molecule has 1 amide bonds. The van der Waals surface area contributed by atoms with Crippen LogP contribution < -0.4 is 15.6 Å². The van der Waals surface area contributed by atoms with E-state index in [2.05, 4.69) is 22.4 Å². The molecule has 12 heteroatoms. The number of carboxylic acid groups (broad SMARTS) is 1. The molecule has 0 bridgehead atoms. The van der Waals surface area contributed by atoms with Gasteiger partial charge in [-0.1, -0.05) is 42.5 Å². The van der Waals surface area contributed by atoms with Gasteiger partial charge in [0.2, 0.25) is 0 Å². The van der Waals surface area contributed by atoms with Gasteiger partial charge in [-0.15, -0.1) is 11.3 Å². The Balaban J connectivity index is 0.000000472. The summed E-state index contributed by atoms with van der Waals surface area (Å²) >= 11 is 1.33. The molecular weight excluding hydrogens is 583 g/mol. The van der Waals surface area contributed by atoms with Crippen LogP contribution in [0.3, 0.4) is 0 Å². The molecular formula is C31H26F3N3O5S. The van der Waals surface area contributed by atoms with E-state index in [4.69, 9.17) is 14.6 Å². The van der Waals surface area contributed by atoms with Crippen molar-refractivity contribution in [2.24, 2.45) is 7.05 Å². The molecule has 2 N–H and O–H groups in total.